The Bertz CT molecular complexity index is 1440. The molecule has 0 spiro atoms. The van der Waals surface area contributed by atoms with E-state index in [9.17, 15) is 9.59 Å². The Morgan fingerprint density at radius 2 is 1.97 bits per heavy atom. The van der Waals surface area contributed by atoms with Crippen molar-refractivity contribution in [2.45, 2.75) is 39.8 Å². The van der Waals surface area contributed by atoms with Gasteiger partial charge in [0.15, 0.2) is 4.80 Å². The van der Waals surface area contributed by atoms with Gasteiger partial charge in [0, 0.05) is 0 Å². The molecular weight excluding hydrogens is 516 g/mol. The van der Waals surface area contributed by atoms with Crippen LogP contribution in [0.3, 0.4) is 0 Å². The van der Waals surface area contributed by atoms with Gasteiger partial charge in [-0.2, -0.15) is 0 Å². The van der Waals surface area contributed by atoms with Crippen molar-refractivity contribution in [1.29, 1.82) is 0 Å². The van der Waals surface area contributed by atoms with Crippen LogP contribution in [0.5, 0.6) is 5.75 Å². The molecule has 0 radical (unpaired) electrons. The summed E-state index contributed by atoms with van der Waals surface area (Å²) in [4.78, 5) is 31.9. The van der Waals surface area contributed by atoms with Crippen molar-refractivity contribution >= 4 is 39.3 Å². The highest BCUT2D eigenvalue weighted by molar-refractivity contribution is 9.10. The third-order valence-electron chi connectivity index (χ3n) is 5.25. The number of halogens is 1. The van der Waals surface area contributed by atoms with Crippen LogP contribution in [0.1, 0.15) is 44.9 Å². The third kappa shape index (κ3) is 4.79. The van der Waals surface area contributed by atoms with Gasteiger partial charge in [0.2, 0.25) is 0 Å². The molecule has 1 aliphatic rings. The van der Waals surface area contributed by atoms with Crippen molar-refractivity contribution in [1.82, 2.24) is 4.57 Å². The molecule has 176 valence electrons. The minimum absolute atomic E-state index is 0.204. The summed E-state index contributed by atoms with van der Waals surface area (Å²) in [5.41, 5.74) is 2.40. The molecule has 1 unspecified atom stereocenters. The lowest BCUT2D eigenvalue weighted by atomic mass is 9.96. The van der Waals surface area contributed by atoms with Crippen molar-refractivity contribution in [3.63, 3.8) is 0 Å². The van der Waals surface area contributed by atoms with E-state index in [4.69, 9.17) is 9.47 Å². The molecule has 4 rings (SSSR count). The average Bonchev–Trinajstić information content (AvgIpc) is 3.09. The molecule has 0 N–H and O–H groups in total. The van der Waals surface area contributed by atoms with Crippen LogP contribution in [0.25, 0.3) is 6.08 Å². The van der Waals surface area contributed by atoms with Crippen LogP contribution in [0, 0.1) is 0 Å². The second kappa shape index (κ2) is 10.1. The van der Waals surface area contributed by atoms with Crippen LogP contribution >= 0.6 is 27.3 Å². The van der Waals surface area contributed by atoms with Gasteiger partial charge in [-0.25, -0.2) is 9.79 Å². The zero-order chi connectivity index (χ0) is 24.4. The summed E-state index contributed by atoms with van der Waals surface area (Å²) in [6.45, 7) is 7.88. The first-order valence-electron chi connectivity index (χ1n) is 11.0. The monoisotopic (exact) mass is 540 g/mol. The molecule has 2 heterocycles. The SMILES string of the molecule is CCOc1ccc(C=c2sc3n(c2=O)C(c2ccccc2)C(C(=O)OC(C)C)=C(C)N=3)cc1Br. The highest BCUT2D eigenvalue weighted by Gasteiger charge is 2.33. The summed E-state index contributed by atoms with van der Waals surface area (Å²) < 4.78 is 14.0. The summed E-state index contributed by atoms with van der Waals surface area (Å²) in [6, 6.07) is 14.6. The fraction of sp³-hybridized carbons (Fsp3) is 0.269. The number of ether oxygens (including phenoxy) is 2. The van der Waals surface area contributed by atoms with Gasteiger partial charge in [-0.05, 0) is 73.0 Å². The smallest absolute Gasteiger partial charge is 0.338 e. The molecule has 0 bridgehead atoms. The van der Waals surface area contributed by atoms with E-state index in [2.05, 4.69) is 20.9 Å². The first kappa shape index (κ1) is 24.2. The van der Waals surface area contributed by atoms with Crippen LogP contribution in [-0.4, -0.2) is 23.2 Å². The Kier molecular flexibility index (Phi) is 7.19. The minimum Gasteiger partial charge on any atom is -0.493 e. The molecule has 0 saturated carbocycles. The van der Waals surface area contributed by atoms with E-state index in [1.807, 2.05) is 61.5 Å². The van der Waals surface area contributed by atoms with E-state index in [1.54, 1.807) is 25.3 Å². The van der Waals surface area contributed by atoms with E-state index >= 15 is 0 Å². The standard InChI is InChI=1S/C26H25BrN2O4S/c1-5-32-20-12-11-17(13-19(20)27)14-21-24(30)29-23(18-9-7-6-8-10-18)22(25(31)33-15(2)3)16(4)28-26(29)34-21/h6-15,23H,5H2,1-4H3. The van der Waals surface area contributed by atoms with E-state index in [1.165, 1.54) is 11.3 Å². The number of esters is 1. The normalized spacial score (nSPS) is 15.8. The molecule has 0 saturated heterocycles. The van der Waals surface area contributed by atoms with E-state index < -0.39 is 12.0 Å². The lowest BCUT2D eigenvalue weighted by Gasteiger charge is -2.25. The molecule has 6 nitrogen and oxygen atoms in total. The Balaban J connectivity index is 1.88. The van der Waals surface area contributed by atoms with Crippen molar-refractivity contribution < 1.29 is 14.3 Å². The number of carbonyl (C=O) groups excluding carboxylic acids is 1. The van der Waals surface area contributed by atoms with Gasteiger partial charge in [-0.15, -0.1) is 0 Å². The molecule has 0 fully saturated rings. The van der Waals surface area contributed by atoms with Crippen LogP contribution in [0.4, 0.5) is 0 Å². The maximum Gasteiger partial charge on any atom is 0.338 e. The Labute approximate surface area is 210 Å². The molecular formula is C26H25BrN2O4S. The molecule has 3 aromatic rings. The predicted molar refractivity (Wildman–Crippen MR) is 137 cm³/mol. The van der Waals surface area contributed by atoms with Gasteiger partial charge in [0.05, 0.1) is 39.0 Å². The molecule has 8 heteroatoms. The van der Waals surface area contributed by atoms with E-state index in [0.717, 1.165) is 21.3 Å². The molecule has 2 aromatic carbocycles. The molecule has 0 aliphatic carbocycles. The largest absolute Gasteiger partial charge is 0.493 e. The first-order chi connectivity index (χ1) is 16.3. The molecule has 1 aliphatic heterocycles. The summed E-state index contributed by atoms with van der Waals surface area (Å²) in [7, 11) is 0. The van der Waals surface area contributed by atoms with Crippen molar-refractivity contribution in [3.05, 3.63) is 95.1 Å². The second-order valence-corrected chi connectivity index (χ2v) is 9.93. The Morgan fingerprint density at radius 3 is 2.62 bits per heavy atom. The lowest BCUT2D eigenvalue weighted by Crippen LogP contribution is -2.40. The fourth-order valence-electron chi connectivity index (χ4n) is 3.84. The number of allylic oxidation sites excluding steroid dienone is 1. The van der Waals surface area contributed by atoms with Gasteiger partial charge in [-0.3, -0.25) is 9.36 Å². The summed E-state index contributed by atoms with van der Waals surface area (Å²) in [6.07, 6.45) is 1.55. The molecule has 1 aromatic heterocycles. The van der Waals surface area contributed by atoms with Gasteiger partial charge in [0.25, 0.3) is 5.56 Å². The summed E-state index contributed by atoms with van der Waals surface area (Å²) in [5, 5.41) is 0. The maximum absolute atomic E-state index is 13.6. The number of thiazole rings is 1. The first-order valence-corrected chi connectivity index (χ1v) is 12.6. The van der Waals surface area contributed by atoms with Gasteiger partial charge >= 0.3 is 5.97 Å². The number of carbonyl (C=O) groups is 1. The van der Waals surface area contributed by atoms with Crippen molar-refractivity contribution in [2.75, 3.05) is 6.61 Å². The number of nitrogens with zero attached hydrogens (tertiary/aromatic N) is 2. The maximum atomic E-state index is 13.6. The van der Waals surface area contributed by atoms with E-state index in [-0.39, 0.29) is 11.7 Å². The minimum atomic E-state index is -0.613. The topological polar surface area (TPSA) is 69.9 Å². The lowest BCUT2D eigenvalue weighted by molar-refractivity contribution is -0.143. The number of hydrogen-bond donors (Lipinski definition) is 0. The zero-order valence-electron chi connectivity index (χ0n) is 19.4. The summed E-state index contributed by atoms with van der Waals surface area (Å²) >= 11 is 4.83. The summed E-state index contributed by atoms with van der Waals surface area (Å²) in [5.74, 6) is 0.281. The number of aromatic nitrogens is 1. The fourth-order valence-corrected chi connectivity index (χ4v) is 5.40. The molecule has 1 atom stereocenters. The predicted octanol–water partition coefficient (Wildman–Crippen LogP) is 4.35. The van der Waals surface area contributed by atoms with Gasteiger partial charge in [0.1, 0.15) is 5.75 Å². The number of benzene rings is 2. The highest BCUT2D eigenvalue weighted by atomic mass is 79.9. The number of rotatable bonds is 6. The van der Waals surface area contributed by atoms with Crippen LogP contribution in [-0.2, 0) is 9.53 Å². The van der Waals surface area contributed by atoms with Crippen molar-refractivity contribution in [3.8, 4) is 5.75 Å². The zero-order valence-corrected chi connectivity index (χ0v) is 21.8. The van der Waals surface area contributed by atoms with Crippen LogP contribution in [0.2, 0.25) is 0 Å². The third-order valence-corrected chi connectivity index (χ3v) is 6.86. The molecule has 0 amide bonds. The Hall–Kier alpha value is -2.97. The van der Waals surface area contributed by atoms with Gasteiger partial charge < -0.3 is 9.47 Å². The quantitative estimate of drug-likeness (QED) is 0.436. The molecule has 34 heavy (non-hydrogen) atoms. The Morgan fingerprint density at radius 1 is 1.24 bits per heavy atom. The average molecular weight is 541 g/mol. The van der Waals surface area contributed by atoms with Crippen molar-refractivity contribution in [2.24, 2.45) is 4.99 Å². The van der Waals surface area contributed by atoms with Crippen LogP contribution in [0.15, 0.2) is 74.1 Å². The van der Waals surface area contributed by atoms with Crippen LogP contribution < -0.4 is 19.6 Å². The number of hydrogen-bond acceptors (Lipinski definition) is 6. The van der Waals surface area contributed by atoms with E-state index in [0.29, 0.717) is 27.2 Å². The highest BCUT2D eigenvalue weighted by Crippen LogP contribution is 2.31. The number of fused-ring (bicyclic) bond motifs is 1. The second-order valence-electron chi connectivity index (χ2n) is 8.07. The van der Waals surface area contributed by atoms with Gasteiger partial charge in [-0.1, -0.05) is 47.7 Å².